The number of likely N-dealkylation sites (tertiary alicyclic amines) is 1. The lowest BCUT2D eigenvalue weighted by Gasteiger charge is -2.41. The van der Waals surface area contributed by atoms with E-state index in [1.54, 1.807) is 13.3 Å². The molecule has 1 amide bonds. The zero-order valence-corrected chi connectivity index (χ0v) is 14.5. The van der Waals surface area contributed by atoms with Crippen LogP contribution in [-0.2, 0) is 21.3 Å². The minimum Gasteiger partial charge on any atom is -0.385 e. The third-order valence-electron chi connectivity index (χ3n) is 5.48. The van der Waals surface area contributed by atoms with Gasteiger partial charge >= 0.3 is 0 Å². The minimum absolute atomic E-state index is 0.0678. The van der Waals surface area contributed by atoms with Crippen molar-refractivity contribution in [2.45, 2.75) is 37.4 Å². The van der Waals surface area contributed by atoms with Crippen molar-refractivity contribution in [3.8, 4) is 0 Å². The number of aliphatic hydroxyl groups excluding tert-OH is 1. The fraction of sp³-hybridized carbons (Fsp3) is 0.765. The second-order valence-corrected chi connectivity index (χ2v) is 6.78. The Balaban J connectivity index is 1.60. The summed E-state index contributed by atoms with van der Waals surface area (Å²) in [6, 6.07) is 0. The van der Waals surface area contributed by atoms with E-state index >= 15 is 0 Å². The van der Waals surface area contributed by atoms with E-state index in [4.69, 9.17) is 9.47 Å². The third-order valence-corrected chi connectivity index (χ3v) is 5.48. The number of hydrogen-bond acceptors (Lipinski definition) is 5. The molecule has 3 rings (SSSR count). The van der Waals surface area contributed by atoms with Gasteiger partial charge in [0.15, 0.2) is 5.60 Å². The molecule has 2 aliphatic rings. The van der Waals surface area contributed by atoms with Crippen LogP contribution in [0.15, 0.2) is 12.4 Å². The normalized spacial score (nSPS) is 23.2. The Hall–Kier alpha value is -1.44. The van der Waals surface area contributed by atoms with Gasteiger partial charge in [0, 0.05) is 65.7 Å². The molecule has 0 spiro atoms. The van der Waals surface area contributed by atoms with Crippen molar-refractivity contribution in [2.24, 2.45) is 13.0 Å². The lowest BCUT2D eigenvalue weighted by atomic mass is 9.87. The molecule has 2 fully saturated rings. The molecule has 0 aliphatic carbocycles. The average Bonchev–Trinajstić information content (AvgIpc) is 3.07. The van der Waals surface area contributed by atoms with E-state index in [0.717, 1.165) is 12.8 Å². The lowest BCUT2D eigenvalue weighted by Crippen LogP contribution is -2.55. The molecule has 0 saturated carbocycles. The number of amides is 1. The second-order valence-electron chi connectivity index (χ2n) is 6.78. The van der Waals surface area contributed by atoms with Crippen molar-refractivity contribution in [3.05, 3.63) is 18.2 Å². The monoisotopic (exact) mass is 337 g/mol. The Morgan fingerprint density at radius 1 is 1.42 bits per heavy atom. The maximum absolute atomic E-state index is 12.9. The Bertz CT molecular complexity index is 560. The molecular formula is C17H27N3O4. The van der Waals surface area contributed by atoms with Gasteiger partial charge in [0.25, 0.3) is 5.91 Å². The molecule has 0 radical (unpaired) electrons. The molecule has 0 bridgehead atoms. The van der Waals surface area contributed by atoms with Crippen molar-refractivity contribution in [3.63, 3.8) is 0 Å². The molecule has 0 aromatic carbocycles. The van der Waals surface area contributed by atoms with Crippen LogP contribution in [0.4, 0.5) is 0 Å². The molecule has 1 N–H and O–H groups in total. The minimum atomic E-state index is -0.733. The van der Waals surface area contributed by atoms with Gasteiger partial charge in [-0.1, -0.05) is 0 Å². The average molecular weight is 337 g/mol. The van der Waals surface area contributed by atoms with Crippen molar-refractivity contribution in [1.29, 1.82) is 0 Å². The molecule has 2 saturated heterocycles. The fourth-order valence-electron chi connectivity index (χ4n) is 3.79. The first-order valence-electron chi connectivity index (χ1n) is 8.65. The first kappa shape index (κ1) is 17.4. The van der Waals surface area contributed by atoms with Gasteiger partial charge in [-0.2, -0.15) is 0 Å². The number of piperidine rings is 1. The highest BCUT2D eigenvalue weighted by molar-refractivity contribution is 5.85. The molecule has 24 heavy (non-hydrogen) atoms. The Morgan fingerprint density at radius 2 is 2.08 bits per heavy atom. The summed E-state index contributed by atoms with van der Waals surface area (Å²) in [7, 11) is 3.50. The van der Waals surface area contributed by atoms with Crippen LogP contribution in [0.2, 0.25) is 0 Å². The molecule has 134 valence electrons. The highest BCUT2D eigenvalue weighted by Crippen LogP contribution is 2.33. The number of carbonyl (C=O) groups excluding carboxylic acids is 1. The van der Waals surface area contributed by atoms with E-state index in [2.05, 4.69) is 4.98 Å². The van der Waals surface area contributed by atoms with Crippen LogP contribution in [0.3, 0.4) is 0 Å². The molecule has 1 aromatic heterocycles. The van der Waals surface area contributed by atoms with E-state index in [1.165, 1.54) is 0 Å². The van der Waals surface area contributed by atoms with Gasteiger partial charge in [-0.3, -0.25) is 4.79 Å². The number of hydrogen-bond donors (Lipinski definition) is 1. The van der Waals surface area contributed by atoms with E-state index in [1.807, 2.05) is 22.7 Å². The van der Waals surface area contributed by atoms with Crippen LogP contribution in [0, 0.1) is 5.92 Å². The highest BCUT2D eigenvalue weighted by atomic mass is 16.5. The standard InChI is InChI=1S/C17H27N3O4/c1-19-10-7-18-15(19)14(21)13-3-8-20(9-4-13)16(22)17(23-2)5-11-24-12-6-17/h7,10,13-14,21H,3-6,8-9,11-12H2,1-2H3. The summed E-state index contributed by atoms with van der Waals surface area (Å²) in [5.74, 6) is 0.888. The van der Waals surface area contributed by atoms with Gasteiger partial charge < -0.3 is 24.0 Å². The smallest absolute Gasteiger partial charge is 0.254 e. The summed E-state index contributed by atoms with van der Waals surface area (Å²) in [6.07, 6.45) is 5.72. The van der Waals surface area contributed by atoms with Crippen LogP contribution < -0.4 is 0 Å². The number of ether oxygens (including phenoxy) is 2. The largest absolute Gasteiger partial charge is 0.385 e. The molecular weight excluding hydrogens is 310 g/mol. The predicted octanol–water partition coefficient (Wildman–Crippen LogP) is 0.888. The summed E-state index contributed by atoms with van der Waals surface area (Å²) in [5.41, 5.74) is -0.733. The summed E-state index contributed by atoms with van der Waals surface area (Å²) in [4.78, 5) is 19.1. The number of imidazole rings is 1. The quantitative estimate of drug-likeness (QED) is 0.883. The topological polar surface area (TPSA) is 76.8 Å². The summed E-state index contributed by atoms with van der Waals surface area (Å²) in [6.45, 7) is 2.43. The van der Waals surface area contributed by atoms with E-state index in [9.17, 15) is 9.90 Å². The zero-order valence-electron chi connectivity index (χ0n) is 14.5. The number of methoxy groups -OCH3 is 1. The maximum atomic E-state index is 12.9. The Kier molecular flexibility index (Phi) is 5.22. The maximum Gasteiger partial charge on any atom is 0.254 e. The Labute approximate surface area is 142 Å². The van der Waals surface area contributed by atoms with Gasteiger partial charge in [-0.05, 0) is 18.8 Å². The van der Waals surface area contributed by atoms with Gasteiger partial charge in [0.1, 0.15) is 11.9 Å². The van der Waals surface area contributed by atoms with E-state index in [-0.39, 0.29) is 11.8 Å². The molecule has 7 nitrogen and oxygen atoms in total. The molecule has 1 aromatic rings. The molecule has 7 heteroatoms. The van der Waals surface area contributed by atoms with Crippen LogP contribution >= 0.6 is 0 Å². The lowest BCUT2D eigenvalue weighted by molar-refractivity contribution is -0.168. The van der Waals surface area contributed by atoms with E-state index < -0.39 is 11.7 Å². The first-order valence-corrected chi connectivity index (χ1v) is 8.65. The van der Waals surface area contributed by atoms with Gasteiger partial charge in [0.05, 0.1) is 0 Å². The first-order chi connectivity index (χ1) is 11.6. The number of aliphatic hydroxyl groups is 1. The van der Waals surface area contributed by atoms with Crippen LogP contribution in [-0.4, -0.2) is 64.5 Å². The van der Waals surface area contributed by atoms with Crippen molar-refractivity contribution in [1.82, 2.24) is 14.5 Å². The molecule has 1 unspecified atom stereocenters. The van der Waals surface area contributed by atoms with Gasteiger partial charge in [-0.25, -0.2) is 4.98 Å². The number of carbonyl (C=O) groups is 1. The van der Waals surface area contributed by atoms with Crippen LogP contribution in [0.5, 0.6) is 0 Å². The fourth-order valence-corrected chi connectivity index (χ4v) is 3.79. The number of aromatic nitrogens is 2. The third kappa shape index (κ3) is 3.20. The molecule has 3 heterocycles. The SMILES string of the molecule is COC1(C(=O)N2CCC(C(O)c3nccn3C)CC2)CCOCC1. The van der Waals surface area contributed by atoms with Crippen molar-refractivity contribution < 1.29 is 19.4 Å². The van der Waals surface area contributed by atoms with Crippen molar-refractivity contribution in [2.75, 3.05) is 33.4 Å². The number of aryl methyl sites for hydroxylation is 1. The van der Waals surface area contributed by atoms with E-state index in [0.29, 0.717) is 45.0 Å². The van der Waals surface area contributed by atoms with Crippen molar-refractivity contribution >= 4 is 5.91 Å². The zero-order chi connectivity index (χ0) is 17.2. The summed E-state index contributed by atoms with van der Waals surface area (Å²) < 4.78 is 12.8. The number of nitrogens with zero attached hydrogens (tertiary/aromatic N) is 3. The van der Waals surface area contributed by atoms with Crippen LogP contribution in [0.1, 0.15) is 37.6 Å². The second kappa shape index (κ2) is 7.21. The van der Waals surface area contributed by atoms with Crippen LogP contribution in [0.25, 0.3) is 0 Å². The molecule has 1 atom stereocenters. The molecule has 2 aliphatic heterocycles. The summed E-state index contributed by atoms with van der Waals surface area (Å²) >= 11 is 0. The highest BCUT2D eigenvalue weighted by Gasteiger charge is 2.44. The number of rotatable bonds is 4. The predicted molar refractivity (Wildman–Crippen MR) is 87.3 cm³/mol. The van der Waals surface area contributed by atoms with Gasteiger partial charge in [-0.15, -0.1) is 0 Å². The Morgan fingerprint density at radius 3 is 2.62 bits per heavy atom. The van der Waals surface area contributed by atoms with Gasteiger partial charge in [0.2, 0.25) is 0 Å². The summed E-state index contributed by atoms with van der Waals surface area (Å²) in [5, 5.41) is 10.6.